The smallest absolute Gasteiger partial charge is 0.218 e. The molecule has 2 bridgehead atoms. The van der Waals surface area contributed by atoms with Crippen molar-refractivity contribution in [3.8, 4) is 5.88 Å². The number of fused-ring (bicyclic) bond motifs is 3. The van der Waals surface area contributed by atoms with E-state index >= 15 is 0 Å². The number of azo groups is 1. The molecule has 0 aliphatic heterocycles. The molecule has 0 unspecified atom stereocenters. The molecule has 3 atom stereocenters. The minimum absolute atomic E-state index is 0.153. The van der Waals surface area contributed by atoms with Crippen LogP contribution in [0.5, 0.6) is 5.88 Å². The SMILES string of the molecule is Oc1[nH]c2ccc(F)cc2c1N=NC(=S)N[C@@H]1C[C@H]2C=C[C@H]1C2. The number of aromatic amines is 1. The highest BCUT2D eigenvalue weighted by Crippen LogP contribution is 2.39. The number of hydrogen-bond acceptors (Lipinski definition) is 3. The van der Waals surface area contributed by atoms with Gasteiger partial charge in [-0.2, -0.15) is 0 Å². The third kappa shape index (κ3) is 2.61. The Hall–Kier alpha value is -2.28. The summed E-state index contributed by atoms with van der Waals surface area (Å²) in [5.74, 6) is 0.587. The van der Waals surface area contributed by atoms with E-state index in [1.807, 2.05) is 0 Å². The van der Waals surface area contributed by atoms with Crippen molar-refractivity contribution in [1.29, 1.82) is 0 Å². The first kappa shape index (κ1) is 14.3. The summed E-state index contributed by atoms with van der Waals surface area (Å²) in [6, 6.07) is 4.46. The van der Waals surface area contributed by atoms with Crippen LogP contribution in [-0.4, -0.2) is 21.2 Å². The van der Waals surface area contributed by atoms with Crippen LogP contribution in [0.25, 0.3) is 10.9 Å². The van der Waals surface area contributed by atoms with Gasteiger partial charge in [0, 0.05) is 11.4 Å². The van der Waals surface area contributed by atoms with E-state index in [4.69, 9.17) is 12.2 Å². The molecule has 1 aromatic carbocycles. The number of hydrogen-bond donors (Lipinski definition) is 3. The zero-order valence-electron chi connectivity index (χ0n) is 12.2. The van der Waals surface area contributed by atoms with Crippen LogP contribution in [0, 0.1) is 17.7 Å². The van der Waals surface area contributed by atoms with Gasteiger partial charge in [-0.05, 0) is 55.1 Å². The molecule has 118 valence electrons. The third-order valence-electron chi connectivity index (χ3n) is 4.54. The van der Waals surface area contributed by atoms with Gasteiger partial charge in [0.2, 0.25) is 11.0 Å². The molecule has 0 saturated heterocycles. The van der Waals surface area contributed by atoms with E-state index < -0.39 is 5.82 Å². The molecule has 2 aromatic rings. The van der Waals surface area contributed by atoms with Crippen LogP contribution < -0.4 is 5.32 Å². The lowest BCUT2D eigenvalue weighted by molar-refractivity contribution is 0.459. The molecule has 1 fully saturated rings. The zero-order chi connectivity index (χ0) is 16.0. The highest BCUT2D eigenvalue weighted by atomic mass is 32.1. The molecule has 2 aliphatic carbocycles. The van der Waals surface area contributed by atoms with E-state index in [1.165, 1.54) is 18.6 Å². The first-order valence-corrected chi connectivity index (χ1v) is 7.92. The van der Waals surface area contributed by atoms with Gasteiger partial charge in [-0.1, -0.05) is 12.2 Å². The van der Waals surface area contributed by atoms with Crippen molar-refractivity contribution in [1.82, 2.24) is 10.3 Å². The monoisotopic (exact) mass is 330 g/mol. The fourth-order valence-corrected chi connectivity index (χ4v) is 3.66. The van der Waals surface area contributed by atoms with Crippen molar-refractivity contribution in [3.05, 3.63) is 36.2 Å². The number of aromatic nitrogens is 1. The number of thiocarbonyl (C=S) groups is 1. The Bertz CT molecular complexity index is 844. The molecule has 1 aromatic heterocycles. The number of halogens is 1. The molecular formula is C16H15FN4OS. The van der Waals surface area contributed by atoms with Gasteiger partial charge >= 0.3 is 0 Å². The predicted molar refractivity (Wildman–Crippen MR) is 89.3 cm³/mol. The van der Waals surface area contributed by atoms with Crippen LogP contribution in [0.2, 0.25) is 0 Å². The molecule has 2 aliphatic rings. The van der Waals surface area contributed by atoms with Gasteiger partial charge in [0.25, 0.3) is 0 Å². The number of rotatable bonds is 2. The quantitative estimate of drug-likeness (QED) is 0.444. The molecule has 0 amide bonds. The summed E-state index contributed by atoms with van der Waals surface area (Å²) in [4.78, 5) is 2.74. The minimum atomic E-state index is -0.401. The van der Waals surface area contributed by atoms with Crippen molar-refractivity contribution in [2.24, 2.45) is 22.1 Å². The number of aromatic hydroxyl groups is 1. The van der Waals surface area contributed by atoms with Crippen LogP contribution in [0.4, 0.5) is 10.1 Å². The maximum Gasteiger partial charge on any atom is 0.218 e. The predicted octanol–water partition coefficient (Wildman–Crippen LogP) is 3.94. The number of nitrogens with one attached hydrogen (secondary N) is 2. The van der Waals surface area contributed by atoms with E-state index in [1.54, 1.807) is 6.07 Å². The molecule has 23 heavy (non-hydrogen) atoms. The Balaban J connectivity index is 1.52. The number of benzene rings is 1. The minimum Gasteiger partial charge on any atom is -0.493 e. The van der Waals surface area contributed by atoms with Gasteiger partial charge in [0.1, 0.15) is 5.82 Å². The summed E-state index contributed by atoms with van der Waals surface area (Å²) in [7, 11) is 0. The van der Waals surface area contributed by atoms with Crippen LogP contribution in [0.1, 0.15) is 12.8 Å². The summed E-state index contributed by atoms with van der Waals surface area (Å²) in [5.41, 5.74) is 0.784. The molecule has 0 radical (unpaired) electrons. The highest BCUT2D eigenvalue weighted by Gasteiger charge is 2.35. The molecule has 1 heterocycles. The lowest BCUT2D eigenvalue weighted by Gasteiger charge is -2.19. The largest absolute Gasteiger partial charge is 0.493 e. The lowest BCUT2D eigenvalue weighted by atomic mass is 10.0. The molecule has 0 spiro atoms. The van der Waals surface area contributed by atoms with Gasteiger partial charge in [0.05, 0.1) is 5.52 Å². The first-order chi connectivity index (χ1) is 11.1. The Morgan fingerprint density at radius 1 is 1.35 bits per heavy atom. The van der Waals surface area contributed by atoms with Crippen LogP contribution >= 0.6 is 12.2 Å². The third-order valence-corrected chi connectivity index (χ3v) is 4.74. The second kappa shape index (κ2) is 5.42. The van der Waals surface area contributed by atoms with Gasteiger partial charge in [-0.3, -0.25) is 0 Å². The van der Waals surface area contributed by atoms with Gasteiger partial charge in [-0.25, -0.2) is 4.39 Å². The Morgan fingerprint density at radius 3 is 2.96 bits per heavy atom. The van der Waals surface area contributed by atoms with Crippen molar-refractivity contribution >= 4 is 33.9 Å². The summed E-state index contributed by atoms with van der Waals surface area (Å²) >= 11 is 5.21. The van der Waals surface area contributed by atoms with E-state index in [0.29, 0.717) is 28.8 Å². The normalized spacial score (nSPS) is 25.7. The highest BCUT2D eigenvalue weighted by molar-refractivity contribution is 7.80. The summed E-state index contributed by atoms with van der Waals surface area (Å²) in [6.07, 6.45) is 6.70. The van der Waals surface area contributed by atoms with Crippen molar-refractivity contribution in [3.63, 3.8) is 0 Å². The van der Waals surface area contributed by atoms with Gasteiger partial charge in [0.15, 0.2) is 5.69 Å². The molecule has 3 N–H and O–H groups in total. The number of nitrogens with zero attached hydrogens (tertiary/aromatic N) is 2. The van der Waals surface area contributed by atoms with Crippen molar-refractivity contribution in [2.75, 3.05) is 0 Å². The molecule has 4 rings (SSSR count). The molecule has 7 heteroatoms. The number of H-pyrrole nitrogens is 1. The fraction of sp³-hybridized carbons (Fsp3) is 0.312. The lowest BCUT2D eigenvalue weighted by Crippen LogP contribution is -2.35. The first-order valence-electron chi connectivity index (χ1n) is 7.51. The molecule has 5 nitrogen and oxygen atoms in total. The maximum absolute atomic E-state index is 13.4. The topological polar surface area (TPSA) is 72.8 Å². The summed E-state index contributed by atoms with van der Waals surface area (Å²) < 4.78 is 13.4. The second-order valence-corrected chi connectivity index (χ2v) is 6.44. The Morgan fingerprint density at radius 2 is 2.22 bits per heavy atom. The van der Waals surface area contributed by atoms with Crippen LogP contribution in [-0.2, 0) is 0 Å². The van der Waals surface area contributed by atoms with E-state index in [-0.39, 0.29) is 16.7 Å². The molecular weight excluding hydrogens is 315 g/mol. The maximum atomic E-state index is 13.4. The number of allylic oxidation sites excluding steroid dienone is 1. The van der Waals surface area contributed by atoms with Gasteiger partial charge < -0.3 is 15.4 Å². The van der Waals surface area contributed by atoms with E-state index in [2.05, 4.69) is 32.7 Å². The molecule has 1 saturated carbocycles. The summed E-state index contributed by atoms with van der Waals surface area (Å²) in [5, 5.41) is 21.8. The standard InChI is InChI=1S/C16H15FN4OS/c17-10-3-4-12-11(7-10)14(15(22)18-12)20-21-16(23)19-13-6-8-1-2-9(13)5-8/h1-4,7-9,13,18,22H,5-6H2,(H,19,23)/t8-,9-,13+/m0/s1. The van der Waals surface area contributed by atoms with Gasteiger partial charge in [-0.15, -0.1) is 10.2 Å². The summed E-state index contributed by atoms with van der Waals surface area (Å²) in [6.45, 7) is 0. The fourth-order valence-electron chi connectivity index (χ4n) is 3.47. The van der Waals surface area contributed by atoms with Crippen LogP contribution in [0.3, 0.4) is 0 Å². The second-order valence-electron chi connectivity index (χ2n) is 6.05. The Kier molecular flexibility index (Phi) is 3.37. The van der Waals surface area contributed by atoms with E-state index in [0.717, 1.165) is 6.42 Å². The van der Waals surface area contributed by atoms with E-state index in [9.17, 15) is 9.50 Å². The van der Waals surface area contributed by atoms with Crippen molar-refractivity contribution < 1.29 is 9.50 Å². The van der Waals surface area contributed by atoms with Crippen LogP contribution in [0.15, 0.2) is 40.6 Å². The zero-order valence-corrected chi connectivity index (χ0v) is 13.0. The van der Waals surface area contributed by atoms with Crippen molar-refractivity contribution in [2.45, 2.75) is 18.9 Å². The Labute approximate surface area is 137 Å². The average Bonchev–Trinajstić information content (AvgIpc) is 3.19. The average molecular weight is 330 g/mol.